The quantitative estimate of drug-likeness (QED) is 0.180. The molecule has 0 aliphatic heterocycles. The minimum atomic E-state index is 0.549. The molecular formula is C50H37N. The largest absolute Gasteiger partial charge is 0.264 e. The second kappa shape index (κ2) is 12.1. The van der Waals surface area contributed by atoms with Crippen LogP contribution in [0.1, 0.15) is 41.2 Å². The van der Waals surface area contributed by atoms with Crippen LogP contribution in [0.15, 0.2) is 164 Å². The fourth-order valence-electron chi connectivity index (χ4n) is 8.47. The fraction of sp³-hybridized carbons (Fsp3) is 0.100. The van der Waals surface area contributed by atoms with Crippen LogP contribution < -0.4 is 0 Å². The Bertz CT molecular complexity index is 2570. The Morgan fingerprint density at radius 1 is 0.451 bits per heavy atom. The molecule has 3 aliphatic rings. The molecule has 7 aromatic rings. The first-order valence-corrected chi connectivity index (χ1v) is 18.2. The van der Waals surface area contributed by atoms with Gasteiger partial charge in [0.2, 0.25) is 0 Å². The van der Waals surface area contributed by atoms with Gasteiger partial charge >= 0.3 is 0 Å². The van der Waals surface area contributed by atoms with E-state index >= 15 is 0 Å². The average Bonchev–Trinajstić information content (AvgIpc) is 3.75. The zero-order valence-electron chi connectivity index (χ0n) is 28.7. The maximum Gasteiger partial charge on any atom is 0.0346 e. The summed E-state index contributed by atoms with van der Waals surface area (Å²) in [6, 6.07) is 50.2. The van der Waals surface area contributed by atoms with Gasteiger partial charge in [-0.2, -0.15) is 0 Å². The van der Waals surface area contributed by atoms with Crippen molar-refractivity contribution in [1.29, 1.82) is 0 Å². The van der Waals surface area contributed by atoms with E-state index in [-0.39, 0.29) is 0 Å². The molecule has 0 saturated heterocycles. The monoisotopic (exact) mass is 651 g/mol. The van der Waals surface area contributed by atoms with Crippen LogP contribution in [0.2, 0.25) is 0 Å². The average molecular weight is 652 g/mol. The van der Waals surface area contributed by atoms with E-state index in [1.807, 2.05) is 18.5 Å². The Kier molecular flexibility index (Phi) is 7.06. The van der Waals surface area contributed by atoms with E-state index < -0.39 is 0 Å². The van der Waals surface area contributed by atoms with Gasteiger partial charge in [0.25, 0.3) is 0 Å². The van der Waals surface area contributed by atoms with Crippen molar-refractivity contribution in [3.05, 3.63) is 192 Å². The minimum Gasteiger partial charge on any atom is -0.264 e. The van der Waals surface area contributed by atoms with E-state index in [0.29, 0.717) is 5.92 Å². The van der Waals surface area contributed by atoms with E-state index in [4.69, 9.17) is 0 Å². The predicted molar refractivity (Wildman–Crippen MR) is 213 cm³/mol. The number of fused-ring (bicyclic) bond motifs is 6. The van der Waals surface area contributed by atoms with Gasteiger partial charge in [-0.3, -0.25) is 4.98 Å². The zero-order valence-corrected chi connectivity index (χ0v) is 28.7. The second-order valence-electron chi connectivity index (χ2n) is 14.4. The third-order valence-electron chi connectivity index (χ3n) is 11.3. The first-order valence-electron chi connectivity index (χ1n) is 18.2. The van der Waals surface area contributed by atoms with Gasteiger partial charge in [0.05, 0.1) is 0 Å². The predicted octanol–water partition coefficient (Wildman–Crippen LogP) is 12.9. The number of rotatable bonds is 5. The molecule has 1 nitrogen and oxygen atoms in total. The molecule has 51 heavy (non-hydrogen) atoms. The minimum absolute atomic E-state index is 0.549. The summed E-state index contributed by atoms with van der Waals surface area (Å²) in [5.74, 6) is 0.549. The van der Waals surface area contributed by atoms with Crippen LogP contribution in [0.3, 0.4) is 0 Å². The number of pyridine rings is 1. The smallest absolute Gasteiger partial charge is 0.0346 e. The third kappa shape index (κ3) is 5.29. The molecule has 0 N–H and O–H groups in total. The summed E-state index contributed by atoms with van der Waals surface area (Å²) in [5, 5.41) is 0. The Hall–Kier alpha value is -6.05. The highest BCUT2D eigenvalue weighted by molar-refractivity contribution is 5.88. The lowest BCUT2D eigenvalue weighted by molar-refractivity contribution is 0.758. The molecule has 1 heteroatoms. The second-order valence-corrected chi connectivity index (χ2v) is 14.4. The third-order valence-corrected chi connectivity index (χ3v) is 11.3. The van der Waals surface area contributed by atoms with E-state index in [0.717, 1.165) is 24.8 Å². The molecule has 6 aromatic carbocycles. The number of benzene rings is 6. The van der Waals surface area contributed by atoms with Gasteiger partial charge in [0, 0.05) is 18.0 Å². The number of hydrogen-bond donors (Lipinski definition) is 0. The van der Waals surface area contributed by atoms with E-state index in [1.54, 1.807) is 0 Å². The van der Waals surface area contributed by atoms with Gasteiger partial charge in [-0.1, -0.05) is 116 Å². The van der Waals surface area contributed by atoms with E-state index in [1.165, 1.54) is 94.6 Å². The highest BCUT2D eigenvalue weighted by Crippen LogP contribution is 2.44. The molecule has 0 spiro atoms. The van der Waals surface area contributed by atoms with Crippen LogP contribution in [-0.4, -0.2) is 4.98 Å². The highest BCUT2D eigenvalue weighted by Gasteiger charge is 2.23. The van der Waals surface area contributed by atoms with Gasteiger partial charge in [-0.25, -0.2) is 0 Å². The van der Waals surface area contributed by atoms with Crippen molar-refractivity contribution in [2.45, 2.75) is 26.2 Å². The van der Waals surface area contributed by atoms with Crippen LogP contribution in [0.5, 0.6) is 0 Å². The molecule has 242 valence electrons. The zero-order chi connectivity index (χ0) is 33.9. The molecule has 3 aliphatic carbocycles. The van der Waals surface area contributed by atoms with Gasteiger partial charge in [-0.05, 0) is 162 Å². The van der Waals surface area contributed by atoms with E-state index in [2.05, 4.69) is 158 Å². The number of hydrogen-bond acceptors (Lipinski definition) is 1. The Morgan fingerprint density at radius 3 is 1.35 bits per heavy atom. The normalized spacial score (nSPS) is 15.2. The first kappa shape index (κ1) is 29.8. The van der Waals surface area contributed by atoms with Gasteiger partial charge in [-0.15, -0.1) is 0 Å². The fourth-order valence-corrected chi connectivity index (χ4v) is 8.47. The molecule has 1 aromatic heterocycles. The SMILES string of the molecule is CC1CC=CC=C1c1ccc2c(c1)-c1cc(-c3cccc(-c4ccc5c(c4)-c4cc(-c6cccc(-c7cccnc7)c6)ccc4C5)c3)ccc1C2. The van der Waals surface area contributed by atoms with Gasteiger partial charge in [0.15, 0.2) is 0 Å². The number of allylic oxidation sites excluding steroid dienone is 4. The van der Waals surface area contributed by atoms with Crippen LogP contribution in [0, 0.1) is 5.92 Å². The Labute approximate surface area is 300 Å². The lowest BCUT2D eigenvalue weighted by Crippen LogP contribution is -2.00. The van der Waals surface area contributed by atoms with Crippen molar-refractivity contribution < 1.29 is 0 Å². The topological polar surface area (TPSA) is 12.9 Å². The summed E-state index contributed by atoms with van der Waals surface area (Å²) >= 11 is 0. The van der Waals surface area contributed by atoms with Crippen molar-refractivity contribution in [2.24, 2.45) is 5.92 Å². The van der Waals surface area contributed by atoms with Crippen LogP contribution in [0.25, 0.3) is 72.3 Å². The van der Waals surface area contributed by atoms with Crippen molar-refractivity contribution in [1.82, 2.24) is 4.98 Å². The first-order chi connectivity index (χ1) is 25.1. The molecule has 10 rings (SSSR count). The maximum atomic E-state index is 4.33. The Balaban J connectivity index is 0.972. The lowest BCUT2D eigenvalue weighted by Gasteiger charge is -2.18. The summed E-state index contributed by atoms with van der Waals surface area (Å²) in [6.45, 7) is 2.34. The van der Waals surface area contributed by atoms with Crippen LogP contribution in [0.4, 0.5) is 0 Å². The highest BCUT2D eigenvalue weighted by atomic mass is 14.6. The molecule has 0 amide bonds. The van der Waals surface area contributed by atoms with Crippen LogP contribution in [-0.2, 0) is 12.8 Å². The van der Waals surface area contributed by atoms with Crippen molar-refractivity contribution in [3.63, 3.8) is 0 Å². The summed E-state index contributed by atoms with van der Waals surface area (Å²) < 4.78 is 0. The maximum absolute atomic E-state index is 4.33. The molecule has 1 atom stereocenters. The summed E-state index contributed by atoms with van der Waals surface area (Å²) in [7, 11) is 0. The molecule has 1 unspecified atom stereocenters. The molecule has 1 heterocycles. The molecule has 0 bridgehead atoms. The number of nitrogens with zero attached hydrogens (tertiary/aromatic N) is 1. The summed E-state index contributed by atoms with van der Waals surface area (Å²) in [5.41, 5.74) is 23.7. The summed E-state index contributed by atoms with van der Waals surface area (Å²) in [4.78, 5) is 4.33. The van der Waals surface area contributed by atoms with Gasteiger partial charge < -0.3 is 0 Å². The molecular weight excluding hydrogens is 615 g/mol. The van der Waals surface area contributed by atoms with E-state index in [9.17, 15) is 0 Å². The van der Waals surface area contributed by atoms with Gasteiger partial charge in [0.1, 0.15) is 0 Å². The van der Waals surface area contributed by atoms with Crippen molar-refractivity contribution in [3.8, 4) is 66.8 Å². The lowest BCUT2D eigenvalue weighted by atomic mass is 9.86. The molecule has 0 radical (unpaired) electrons. The molecule has 0 fully saturated rings. The summed E-state index contributed by atoms with van der Waals surface area (Å²) in [6.07, 6.45) is 13.6. The molecule has 0 saturated carbocycles. The number of aromatic nitrogens is 1. The van der Waals surface area contributed by atoms with Crippen molar-refractivity contribution in [2.75, 3.05) is 0 Å². The standard InChI is InChI=1S/C50H37N/c1-32-7-2-3-13-46(32)44-21-20-43-26-42-19-15-38(29-49(42)50(43)30-44)34-9-4-8-33(23-34)37-14-17-40-25-41-18-16-39(28-48(41)47(40)27-37)35-10-5-11-36(24-35)45-12-6-22-51-31-45/h2-6,8-24,27-32H,7,25-26H2,1H3. The van der Waals surface area contributed by atoms with Crippen molar-refractivity contribution >= 4 is 5.57 Å². The Morgan fingerprint density at radius 2 is 0.882 bits per heavy atom. The van der Waals surface area contributed by atoms with Crippen LogP contribution >= 0.6 is 0 Å².